The molecule has 0 atom stereocenters. The molecule has 0 saturated heterocycles. The zero-order valence-corrected chi connectivity index (χ0v) is 11.2. The summed E-state index contributed by atoms with van der Waals surface area (Å²) in [5.74, 6) is 0. The summed E-state index contributed by atoms with van der Waals surface area (Å²) in [5.41, 5.74) is 5.99. The Morgan fingerprint density at radius 2 is 2.17 bits per heavy atom. The Balaban J connectivity index is 2.08. The molecule has 0 spiro atoms. The van der Waals surface area contributed by atoms with E-state index in [0.717, 1.165) is 28.7 Å². The van der Waals surface area contributed by atoms with Gasteiger partial charge in [-0.2, -0.15) is 0 Å². The highest BCUT2D eigenvalue weighted by molar-refractivity contribution is 9.10. The average Bonchev–Trinajstić information content (AvgIpc) is 2.77. The molecule has 2 aromatic heterocycles. The number of aromatic nitrogens is 3. The van der Waals surface area contributed by atoms with Crippen molar-refractivity contribution in [2.75, 3.05) is 0 Å². The second-order valence-corrected chi connectivity index (χ2v) is 5.48. The minimum absolute atomic E-state index is 1.02. The number of benzene rings is 1. The highest BCUT2D eigenvalue weighted by Gasteiger charge is 2.21. The third-order valence-electron chi connectivity index (χ3n) is 3.54. The van der Waals surface area contributed by atoms with Crippen molar-refractivity contribution in [1.29, 1.82) is 0 Å². The standard InChI is InChI=1S/C14H10BrN3/c15-9-2-4-12-11(5-9)10-3-1-8-6-16-7-17-13(8)14(10)18-12/h2,4-7,18H,1,3H2. The van der Waals surface area contributed by atoms with E-state index in [2.05, 4.69) is 49.1 Å². The molecule has 18 heavy (non-hydrogen) atoms. The zero-order valence-electron chi connectivity index (χ0n) is 9.57. The highest BCUT2D eigenvalue weighted by Crippen LogP contribution is 2.36. The van der Waals surface area contributed by atoms with Crippen LogP contribution in [0.5, 0.6) is 0 Å². The van der Waals surface area contributed by atoms with Crippen LogP contribution in [-0.4, -0.2) is 15.0 Å². The predicted molar refractivity (Wildman–Crippen MR) is 74.4 cm³/mol. The van der Waals surface area contributed by atoms with Crippen molar-refractivity contribution in [3.8, 4) is 11.4 Å². The van der Waals surface area contributed by atoms with Gasteiger partial charge in [0.15, 0.2) is 0 Å². The molecule has 4 rings (SSSR count). The SMILES string of the molecule is Brc1ccc2[nH]c3c(c2c1)CCc1cncnc1-3. The Morgan fingerprint density at radius 3 is 3.11 bits per heavy atom. The van der Waals surface area contributed by atoms with Crippen LogP contribution in [0.25, 0.3) is 22.3 Å². The lowest BCUT2D eigenvalue weighted by Crippen LogP contribution is -2.05. The van der Waals surface area contributed by atoms with Crippen LogP contribution in [0.2, 0.25) is 0 Å². The van der Waals surface area contributed by atoms with E-state index in [1.165, 1.54) is 22.0 Å². The quantitative estimate of drug-likeness (QED) is 0.690. The number of aryl methyl sites for hydroxylation is 2. The van der Waals surface area contributed by atoms with Crippen LogP contribution >= 0.6 is 15.9 Å². The summed E-state index contributed by atoms with van der Waals surface area (Å²) in [6, 6.07) is 6.35. The molecule has 0 saturated carbocycles. The normalized spacial score (nSPS) is 13.4. The molecule has 1 N–H and O–H groups in total. The molecule has 0 aliphatic heterocycles. The Bertz CT molecular complexity index is 761. The fourth-order valence-electron chi connectivity index (χ4n) is 2.71. The maximum Gasteiger partial charge on any atom is 0.116 e. The van der Waals surface area contributed by atoms with Crippen LogP contribution in [0.15, 0.2) is 35.2 Å². The first-order valence-corrected chi connectivity index (χ1v) is 6.71. The van der Waals surface area contributed by atoms with Crippen LogP contribution in [-0.2, 0) is 12.8 Å². The summed E-state index contributed by atoms with van der Waals surface area (Å²) in [6.07, 6.45) is 5.61. The second-order valence-electron chi connectivity index (χ2n) is 4.57. The van der Waals surface area contributed by atoms with Crippen LogP contribution in [0.1, 0.15) is 11.1 Å². The van der Waals surface area contributed by atoms with Crippen LogP contribution in [0, 0.1) is 0 Å². The van der Waals surface area contributed by atoms with Crippen LogP contribution in [0.4, 0.5) is 0 Å². The number of nitrogens with zero attached hydrogens (tertiary/aromatic N) is 2. The van der Waals surface area contributed by atoms with Gasteiger partial charge in [-0.15, -0.1) is 0 Å². The molecule has 0 radical (unpaired) electrons. The maximum absolute atomic E-state index is 4.42. The molecule has 0 bridgehead atoms. The Hall–Kier alpha value is -1.68. The first kappa shape index (κ1) is 10.3. The number of hydrogen-bond donors (Lipinski definition) is 1. The first-order valence-electron chi connectivity index (χ1n) is 5.92. The molecule has 3 aromatic rings. The van der Waals surface area contributed by atoms with Gasteiger partial charge in [-0.1, -0.05) is 15.9 Å². The number of aromatic amines is 1. The third kappa shape index (κ3) is 1.35. The van der Waals surface area contributed by atoms with Gasteiger partial charge in [-0.05, 0) is 42.2 Å². The smallest absolute Gasteiger partial charge is 0.116 e. The number of hydrogen-bond acceptors (Lipinski definition) is 2. The van der Waals surface area contributed by atoms with E-state index in [1.54, 1.807) is 6.33 Å². The van der Waals surface area contributed by atoms with E-state index in [0.29, 0.717) is 0 Å². The number of halogens is 1. The molecule has 0 fully saturated rings. The maximum atomic E-state index is 4.42. The molecular weight excluding hydrogens is 290 g/mol. The molecule has 1 aromatic carbocycles. The third-order valence-corrected chi connectivity index (χ3v) is 4.03. The fraction of sp³-hybridized carbons (Fsp3) is 0.143. The van der Waals surface area contributed by atoms with Gasteiger partial charge in [0.05, 0.1) is 11.4 Å². The molecule has 4 heteroatoms. The Morgan fingerprint density at radius 1 is 1.22 bits per heavy atom. The molecular formula is C14H10BrN3. The van der Waals surface area contributed by atoms with Gasteiger partial charge in [0.1, 0.15) is 6.33 Å². The Labute approximate surface area is 112 Å². The first-order chi connectivity index (χ1) is 8.83. The zero-order chi connectivity index (χ0) is 12.1. The molecule has 88 valence electrons. The van der Waals surface area contributed by atoms with Gasteiger partial charge >= 0.3 is 0 Å². The van der Waals surface area contributed by atoms with Gasteiger partial charge < -0.3 is 4.98 Å². The minimum Gasteiger partial charge on any atom is -0.353 e. The van der Waals surface area contributed by atoms with Crippen LogP contribution in [0.3, 0.4) is 0 Å². The van der Waals surface area contributed by atoms with Crippen LogP contribution < -0.4 is 0 Å². The minimum atomic E-state index is 1.02. The molecule has 1 aliphatic rings. The van der Waals surface area contributed by atoms with Crippen molar-refractivity contribution in [2.24, 2.45) is 0 Å². The van der Waals surface area contributed by atoms with Gasteiger partial charge in [-0.3, -0.25) is 0 Å². The lowest BCUT2D eigenvalue weighted by Gasteiger charge is -2.14. The number of H-pyrrole nitrogens is 1. The van der Waals surface area contributed by atoms with E-state index in [4.69, 9.17) is 0 Å². The fourth-order valence-corrected chi connectivity index (χ4v) is 3.07. The Kier molecular flexibility index (Phi) is 2.08. The van der Waals surface area contributed by atoms with Crippen molar-refractivity contribution < 1.29 is 0 Å². The molecule has 0 unspecified atom stereocenters. The second kappa shape index (κ2) is 3.65. The van der Waals surface area contributed by atoms with E-state index >= 15 is 0 Å². The van der Waals surface area contributed by atoms with E-state index in [9.17, 15) is 0 Å². The molecule has 2 heterocycles. The van der Waals surface area contributed by atoms with Crippen molar-refractivity contribution in [2.45, 2.75) is 12.8 Å². The van der Waals surface area contributed by atoms with E-state index < -0.39 is 0 Å². The monoisotopic (exact) mass is 299 g/mol. The topological polar surface area (TPSA) is 41.6 Å². The van der Waals surface area contributed by atoms with E-state index in [-0.39, 0.29) is 0 Å². The summed E-state index contributed by atoms with van der Waals surface area (Å²) < 4.78 is 1.12. The van der Waals surface area contributed by atoms with Gasteiger partial charge in [0, 0.05) is 21.6 Å². The summed E-state index contributed by atoms with van der Waals surface area (Å²) in [7, 11) is 0. The summed E-state index contributed by atoms with van der Waals surface area (Å²) in [5, 5.41) is 1.30. The lowest BCUT2D eigenvalue weighted by atomic mass is 9.93. The average molecular weight is 300 g/mol. The number of fused-ring (bicyclic) bond motifs is 5. The number of rotatable bonds is 0. The summed E-state index contributed by atoms with van der Waals surface area (Å²) in [6.45, 7) is 0. The van der Waals surface area contributed by atoms with Gasteiger partial charge in [-0.25, -0.2) is 9.97 Å². The molecule has 3 nitrogen and oxygen atoms in total. The highest BCUT2D eigenvalue weighted by atomic mass is 79.9. The van der Waals surface area contributed by atoms with Gasteiger partial charge in [0.2, 0.25) is 0 Å². The molecule has 1 aliphatic carbocycles. The molecule has 0 amide bonds. The van der Waals surface area contributed by atoms with Gasteiger partial charge in [0.25, 0.3) is 0 Å². The van der Waals surface area contributed by atoms with E-state index in [1.807, 2.05) is 6.20 Å². The number of nitrogens with one attached hydrogen (secondary N) is 1. The summed E-state index contributed by atoms with van der Waals surface area (Å²) in [4.78, 5) is 12.0. The summed E-state index contributed by atoms with van der Waals surface area (Å²) >= 11 is 3.54. The predicted octanol–water partition coefficient (Wildman–Crippen LogP) is 3.49. The van der Waals surface area contributed by atoms with Crippen molar-refractivity contribution >= 4 is 26.8 Å². The van der Waals surface area contributed by atoms with Crippen molar-refractivity contribution in [3.63, 3.8) is 0 Å². The van der Waals surface area contributed by atoms with Crippen molar-refractivity contribution in [3.05, 3.63) is 46.3 Å². The van der Waals surface area contributed by atoms with Crippen molar-refractivity contribution in [1.82, 2.24) is 15.0 Å². The lowest BCUT2D eigenvalue weighted by molar-refractivity contribution is 0.913. The largest absolute Gasteiger partial charge is 0.353 e.